The molecule has 0 amide bonds. The highest BCUT2D eigenvalue weighted by molar-refractivity contribution is 7.13. The van der Waals surface area contributed by atoms with Crippen LogP contribution in [0.2, 0.25) is 0 Å². The summed E-state index contributed by atoms with van der Waals surface area (Å²) in [6, 6.07) is 0.674. The third-order valence-electron chi connectivity index (χ3n) is 2.74. The summed E-state index contributed by atoms with van der Waals surface area (Å²) in [6.45, 7) is 1.21. The highest BCUT2D eigenvalue weighted by Gasteiger charge is 2.25. The maximum atomic E-state index is 8.84. The molecule has 0 unspecified atom stereocenters. The molecule has 78 valence electrons. The summed E-state index contributed by atoms with van der Waals surface area (Å²) < 4.78 is 0. The summed E-state index contributed by atoms with van der Waals surface area (Å²) in [5.41, 5.74) is 0. The molecule has 0 radical (unpaired) electrons. The fourth-order valence-electron chi connectivity index (χ4n) is 1.73. The Hall–Kier alpha value is -0.610. The van der Waals surface area contributed by atoms with E-state index in [0.717, 1.165) is 18.1 Å². The van der Waals surface area contributed by atoms with Crippen molar-refractivity contribution < 1.29 is 5.11 Å². The Bertz CT molecular complexity index is 259. The Labute approximate surface area is 88.4 Å². The maximum Gasteiger partial charge on any atom is 0.185 e. The largest absolute Gasteiger partial charge is 0.396 e. The lowest BCUT2D eigenvalue weighted by molar-refractivity contribution is 0.283. The molecule has 0 atom stereocenters. The molecule has 1 saturated carbocycles. The van der Waals surface area contributed by atoms with E-state index >= 15 is 0 Å². The zero-order valence-electron chi connectivity index (χ0n) is 8.22. The molecular formula is C10H16N2OS. The minimum atomic E-state index is 0.272. The van der Waals surface area contributed by atoms with E-state index in [0.29, 0.717) is 6.04 Å². The first-order chi connectivity index (χ1) is 6.92. The standard InChI is InChI=1S/C10H16N2OS/c13-7-2-6-12(9-3-1-4-9)10-11-5-8-14-10/h5,8-9,13H,1-4,6-7H2. The van der Waals surface area contributed by atoms with Crippen LogP contribution in [0.5, 0.6) is 0 Å². The van der Waals surface area contributed by atoms with Gasteiger partial charge in [0.15, 0.2) is 5.13 Å². The number of hydrogen-bond acceptors (Lipinski definition) is 4. The summed E-state index contributed by atoms with van der Waals surface area (Å²) in [6.07, 6.45) is 6.60. The van der Waals surface area contributed by atoms with E-state index in [1.165, 1.54) is 19.3 Å². The number of anilines is 1. The third kappa shape index (κ3) is 2.07. The van der Waals surface area contributed by atoms with E-state index in [2.05, 4.69) is 9.88 Å². The molecule has 1 aromatic heterocycles. The van der Waals surface area contributed by atoms with E-state index in [-0.39, 0.29) is 6.61 Å². The second-order valence-corrected chi connectivity index (χ2v) is 4.54. The SMILES string of the molecule is OCCCN(c1nccs1)C1CCC1. The third-order valence-corrected chi connectivity index (χ3v) is 3.55. The van der Waals surface area contributed by atoms with Crippen molar-refractivity contribution in [2.45, 2.75) is 31.7 Å². The summed E-state index contributed by atoms with van der Waals surface area (Å²) in [5.74, 6) is 0. The van der Waals surface area contributed by atoms with Crippen molar-refractivity contribution in [2.24, 2.45) is 0 Å². The van der Waals surface area contributed by atoms with Crippen LogP contribution in [-0.4, -0.2) is 29.3 Å². The van der Waals surface area contributed by atoms with Crippen LogP contribution in [-0.2, 0) is 0 Å². The molecular weight excluding hydrogens is 196 g/mol. The number of aromatic nitrogens is 1. The Morgan fingerprint density at radius 1 is 1.57 bits per heavy atom. The highest BCUT2D eigenvalue weighted by Crippen LogP contribution is 2.30. The number of thiazole rings is 1. The summed E-state index contributed by atoms with van der Waals surface area (Å²) in [4.78, 5) is 6.69. The Morgan fingerprint density at radius 2 is 2.43 bits per heavy atom. The van der Waals surface area contributed by atoms with E-state index in [4.69, 9.17) is 5.11 Å². The topological polar surface area (TPSA) is 36.4 Å². The normalized spacial score (nSPS) is 16.6. The van der Waals surface area contributed by atoms with Gasteiger partial charge in [-0.3, -0.25) is 0 Å². The molecule has 0 saturated heterocycles. The fraction of sp³-hybridized carbons (Fsp3) is 0.700. The summed E-state index contributed by atoms with van der Waals surface area (Å²) in [7, 11) is 0. The van der Waals surface area contributed by atoms with Crippen LogP contribution in [0.4, 0.5) is 5.13 Å². The Morgan fingerprint density at radius 3 is 2.93 bits per heavy atom. The van der Waals surface area contributed by atoms with Crippen LogP contribution < -0.4 is 4.90 Å². The van der Waals surface area contributed by atoms with Gasteiger partial charge in [-0.25, -0.2) is 4.98 Å². The summed E-state index contributed by atoms with van der Waals surface area (Å²) >= 11 is 1.69. The molecule has 0 aromatic carbocycles. The molecule has 1 N–H and O–H groups in total. The van der Waals surface area contributed by atoms with Crippen LogP contribution >= 0.6 is 11.3 Å². The Kier molecular flexibility index (Phi) is 3.37. The van der Waals surface area contributed by atoms with E-state index in [1.54, 1.807) is 11.3 Å². The van der Waals surface area contributed by atoms with Gasteiger partial charge in [-0.15, -0.1) is 11.3 Å². The van der Waals surface area contributed by atoms with Gasteiger partial charge in [0.1, 0.15) is 0 Å². The Balaban J connectivity index is 1.98. The van der Waals surface area contributed by atoms with E-state index < -0.39 is 0 Å². The van der Waals surface area contributed by atoms with Gasteiger partial charge in [-0.2, -0.15) is 0 Å². The van der Waals surface area contributed by atoms with Gasteiger partial charge < -0.3 is 10.0 Å². The lowest BCUT2D eigenvalue weighted by Gasteiger charge is -2.37. The molecule has 0 bridgehead atoms. The summed E-state index contributed by atoms with van der Waals surface area (Å²) in [5, 5.41) is 12.0. The smallest absolute Gasteiger partial charge is 0.185 e. The van der Waals surface area contributed by atoms with Crippen LogP contribution in [0, 0.1) is 0 Å². The van der Waals surface area contributed by atoms with Crippen molar-refractivity contribution in [3.63, 3.8) is 0 Å². The average molecular weight is 212 g/mol. The molecule has 3 nitrogen and oxygen atoms in total. The second kappa shape index (κ2) is 4.75. The molecule has 0 aliphatic heterocycles. The number of rotatable bonds is 5. The van der Waals surface area contributed by atoms with Gasteiger partial charge in [0, 0.05) is 30.8 Å². The minimum absolute atomic E-state index is 0.272. The van der Waals surface area contributed by atoms with Crippen molar-refractivity contribution in [3.8, 4) is 0 Å². The van der Waals surface area contributed by atoms with Crippen LogP contribution in [0.25, 0.3) is 0 Å². The van der Waals surface area contributed by atoms with Crippen molar-refractivity contribution in [1.82, 2.24) is 4.98 Å². The van der Waals surface area contributed by atoms with Gasteiger partial charge >= 0.3 is 0 Å². The molecule has 1 aliphatic rings. The quantitative estimate of drug-likeness (QED) is 0.809. The molecule has 1 aromatic rings. The number of aliphatic hydroxyl groups excluding tert-OH is 1. The maximum absolute atomic E-state index is 8.84. The lowest BCUT2D eigenvalue weighted by atomic mass is 9.92. The average Bonchev–Trinajstić information content (AvgIpc) is 2.61. The first kappa shape index (κ1) is 9.93. The second-order valence-electron chi connectivity index (χ2n) is 3.67. The monoisotopic (exact) mass is 212 g/mol. The molecule has 0 spiro atoms. The van der Waals surface area contributed by atoms with Crippen molar-refractivity contribution in [3.05, 3.63) is 11.6 Å². The predicted molar refractivity (Wildman–Crippen MR) is 58.8 cm³/mol. The van der Waals surface area contributed by atoms with Gasteiger partial charge in [-0.05, 0) is 25.7 Å². The molecule has 4 heteroatoms. The van der Waals surface area contributed by atoms with Gasteiger partial charge in [0.05, 0.1) is 0 Å². The van der Waals surface area contributed by atoms with Crippen molar-refractivity contribution in [1.29, 1.82) is 0 Å². The molecule has 1 heterocycles. The van der Waals surface area contributed by atoms with Crippen LogP contribution in [0.1, 0.15) is 25.7 Å². The number of hydrogen-bond donors (Lipinski definition) is 1. The molecule has 1 aliphatic carbocycles. The van der Waals surface area contributed by atoms with Crippen molar-refractivity contribution in [2.75, 3.05) is 18.1 Å². The van der Waals surface area contributed by atoms with Gasteiger partial charge in [0.25, 0.3) is 0 Å². The zero-order valence-corrected chi connectivity index (χ0v) is 9.04. The minimum Gasteiger partial charge on any atom is -0.396 e. The molecule has 1 fully saturated rings. The first-order valence-electron chi connectivity index (χ1n) is 5.19. The van der Waals surface area contributed by atoms with Crippen molar-refractivity contribution >= 4 is 16.5 Å². The first-order valence-corrected chi connectivity index (χ1v) is 6.07. The molecule has 2 rings (SSSR count). The lowest BCUT2D eigenvalue weighted by Crippen LogP contribution is -2.41. The van der Waals surface area contributed by atoms with E-state index in [1.807, 2.05) is 11.6 Å². The van der Waals surface area contributed by atoms with Crippen LogP contribution in [0.15, 0.2) is 11.6 Å². The zero-order chi connectivity index (χ0) is 9.80. The van der Waals surface area contributed by atoms with Crippen LogP contribution in [0.3, 0.4) is 0 Å². The molecule has 14 heavy (non-hydrogen) atoms. The van der Waals surface area contributed by atoms with Gasteiger partial charge in [0.2, 0.25) is 0 Å². The predicted octanol–water partition coefficient (Wildman–Crippen LogP) is 1.88. The fourth-order valence-corrected chi connectivity index (χ4v) is 2.47. The number of nitrogens with zero attached hydrogens (tertiary/aromatic N) is 2. The van der Waals surface area contributed by atoms with E-state index in [9.17, 15) is 0 Å². The van der Waals surface area contributed by atoms with Gasteiger partial charge in [-0.1, -0.05) is 0 Å². The highest BCUT2D eigenvalue weighted by atomic mass is 32.1. The number of aliphatic hydroxyl groups is 1.